The Kier molecular flexibility index (Phi) is 6.85. The standard InChI is InChI=1S/C27H35N3O2/c1-5-29(19(2)3)18-20-6-8-22(9-7-20)27(31)30-14-12-21(13-15-30)25-17-28-26-11-10-23(32-4)16-24(25)26/h6-11,16-17,19,21,28H,5,12-15,18H2,1-4H3. The number of aromatic amines is 1. The average molecular weight is 434 g/mol. The number of hydrogen-bond acceptors (Lipinski definition) is 3. The Labute approximate surface area is 191 Å². The lowest BCUT2D eigenvalue weighted by Crippen LogP contribution is -2.37. The first kappa shape index (κ1) is 22.4. The molecule has 1 aromatic heterocycles. The summed E-state index contributed by atoms with van der Waals surface area (Å²) in [5.74, 6) is 1.48. The van der Waals surface area contributed by atoms with E-state index in [4.69, 9.17) is 4.74 Å². The van der Waals surface area contributed by atoms with Crippen molar-refractivity contribution in [2.24, 2.45) is 0 Å². The van der Waals surface area contributed by atoms with Crippen molar-refractivity contribution >= 4 is 16.8 Å². The number of nitrogens with zero attached hydrogens (tertiary/aromatic N) is 2. The maximum Gasteiger partial charge on any atom is 0.253 e. The molecule has 2 heterocycles. The van der Waals surface area contributed by atoms with Crippen molar-refractivity contribution < 1.29 is 9.53 Å². The number of hydrogen-bond donors (Lipinski definition) is 1. The second-order valence-corrected chi connectivity index (χ2v) is 9.08. The van der Waals surface area contributed by atoms with Gasteiger partial charge < -0.3 is 14.6 Å². The highest BCUT2D eigenvalue weighted by atomic mass is 16.5. The van der Waals surface area contributed by atoms with Crippen LogP contribution in [0.25, 0.3) is 10.9 Å². The maximum absolute atomic E-state index is 13.1. The van der Waals surface area contributed by atoms with Gasteiger partial charge in [-0.25, -0.2) is 0 Å². The van der Waals surface area contributed by atoms with E-state index in [1.807, 2.05) is 23.1 Å². The fraction of sp³-hybridized carbons (Fsp3) is 0.444. The Morgan fingerprint density at radius 3 is 2.50 bits per heavy atom. The third-order valence-electron chi connectivity index (χ3n) is 6.87. The predicted octanol–water partition coefficient (Wildman–Crippen LogP) is 5.43. The van der Waals surface area contributed by atoms with Crippen LogP contribution in [0.5, 0.6) is 5.75 Å². The van der Waals surface area contributed by atoms with Crippen LogP contribution >= 0.6 is 0 Å². The number of rotatable bonds is 7. The Balaban J connectivity index is 1.38. The van der Waals surface area contributed by atoms with Gasteiger partial charge in [-0.2, -0.15) is 0 Å². The van der Waals surface area contributed by atoms with Crippen molar-refractivity contribution in [3.8, 4) is 5.75 Å². The van der Waals surface area contributed by atoms with E-state index in [1.165, 1.54) is 16.5 Å². The number of likely N-dealkylation sites (tertiary alicyclic amines) is 1. The zero-order valence-electron chi connectivity index (χ0n) is 19.7. The third-order valence-corrected chi connectivity index (χ3v) is 6.87. The van der Waals surface area contributed by atoms with Crippen LogP contribution in [-0.4, -0.2) is 53.5 Å². The Morgan fingerprint density at radius 1 is 1.16 bits per heavy atom. The van der Waals surface area contributed by atoms with E-state index in [-0.39, 0.29) is 5.91 Å². The van der Waals surface area contributed by atoms with Gasteiger partial charge in [0.05, 0.1) is 7.11 Å². The average Bonchev–Trinajstić information content (AvgIpc) is 3.25. The summed E-state index contributed by atoms with van der Waals surface area (Å²) in [5, 5.41) is 1.23. The molecule has 3 aromatic rings. The van der Waals surface area contributed by atoms with Crippen LogP contribution < -0.4 is 4.74 Å². The number of piperidine rings is 1. The fourth-order valence-corrected chi connectivity index (χ4v) is 4.81. The molecule has 5 heteroatoms. The lowest BCUT2D eigenvalue weighted by atomic mass is 9.89. The summed E-state index contributed by atoms with van der Waals surface area (Å²) < 4.78 is 5.41. The van der Waals surface area contributed by atoms with Gasteiger partial charge in [0.25, 0.3) is 5.91 Å². The van der Waals surface area contributed by atoms with Crippen molar-refractivity contribution in [3.63, 3.8) is 0 Å². The highest BCUT2D eigenvalue weighted by Gasteiger charge is 2.26. The van der Waals surface area contributed by atoms with Crippen LogP contribution in [0.4, 0.5) is 0 Å². The van der Waals surface area contributed by atoms with Crippen LogP contribution in [0.2, 0.25) is 0 Å². The monoisotopic (exact) mass is 433 g/mol. The summed E-state index contributed by atoms with van der Waals surface area (Å²) in [6.07, 6.45) is 4.09. The smallest absolute Gasteiger partial charge is 0.253 e. The number of aromatic nitrogens is 1. The highest BCUT2D eigenvalue weighted by Crippen LogP contribution is 2.35. The third kappa shape index (κ3) is 4.68. The molecule has 0 saturated carbocycles. The lowest BCUT2D eigenvalue weighted by Gasteiger charge is -2.32. The van der Waals surface area contributed by atoms with Crippen molar-refractivity contribution in [2.45, 2.75) is 52.1 Å². The summed E-state index contributed by atoms with van der Waals surface area (Å²) >= 11 is 0. The largest absolute Gasteiger partial charge is 0.497 e. The first-order valence-corrected chi connectivity index (χ1v) is 11.8. The molecular formula is C27H35N3O2. The van der Waals surface area contributed by atoms with Crippen molar-refractivity contribution in [1.29, 1.82) is 0 Å². The fourth-order valence-electron chi connectivity index (χ4n) is 4.81. The van der Waals surface area contributed by atoms with Crippen molar-refractivity contribution in [3.05, 3.63) is 65.4 Å². The van der Waals surface area contributed by atoms with E-state index < -0.39 is 0 Å². The molecule has 0 bridgehead atoms. The zero-order chi connectivity index (χ0) is 22.7. The molecule has 1 fully saturated rings. The maximum atomic E-state index is 13.1. The number of carbonyl (C=O) groups is 1. The van der Waals surface area contributed by atoms with Crippen LogP contribution in [0.3, 0.4) is 0 Å². The first-order chi connectivity index (χ1) is 15.5. The van der Waals surface area contributed by atoms with Crippen molar-refractivity contribution in [1.82, 2.24) is 14.8 Å². The molecule has 0 radical (unpaired) electrons. The molecule has 0 spiro atoms. The number of fused-ring (bicyclic) bond motifs is 1. The predicted molar refractivity (Wildman–Crippen MR) is 130 cm³/mol. The van der Waals surface area contributed by atoms with Gasteiger partial charge in [-0.3, -0.25) is 9.69 Å². The number of nitrogens with one attached hydrogen (secondary N) is 1. The Hall–Kier alpha value is -2.79. The van der Waals surface area contributed by atoms with Gasteiger partial charge in [0.1, 0.15) is 5.75 Å². The highest BCUT2D eigenvalue weighted by molar-refractivity contribution is 5.94. The minimum atomic E-state index is 0.145. The van der Waals surface area contributed by atoms with Gasteiger partial charge >= 0.3 is 0 Å². The number of carbonyl (C=O) groups excluding carboxylic acids is 1. The van der Waals surface area contributed by atoms with Crippen LogP contribution in [0, 0.1) is 0 Å². The van der Waals surface area contributed by atoms with E-state index >= 15 is 0 Å². The number of benzene rings is 2. The molecule has 0 atom stereocenters. The number of methoxy groups -OCH3 is 1. The summed E-state index contributed by atoms with van der Waals surface area (Å²) in [7, 11) is 1.70. The van der Waals surface area contributed by atoms with E-state index in [0.717, 1.165) is 55.9 Å². The van der Waals surface area contributed by atoms with Gasteiger partial charge in [-0.1, -0.05) is 19.1 Å². The number of H-pyrrole nitrogens is 1. The van der Waals surface area contributed by atoms with Gasteiger partial charge in [0.15, 0.2) is 0 Å². The molecule has 1 aliphatic rings. The molecule has 2 aromatic carbocycles. The summed E-state index contributed by atoms with van der Waals surface area (Å²) in [5.41, 5.74) is 4.52. The molecule has 1 N–H and O–H groups in total. The molecule has 1 saturated heterocycles. The van der Waals surface area contributed by atoms with Gasteiger partial charge in [0.2, 0.25) is 0 Å². The first-order valence-electron chi connectivity index (χ1n) is 11.8. The van der Waals surface area contributed by atoms with E-state index in [9.17, 15) is 4.79 Å². The van der Waals surface area contributed by atoms with E-state index in [0.29, 0.717) is 12.0 Å². The summed E-state index contributed by atoms with van der Waals surface area (Å²) in [6.45, 7) is 10.2. The summed E-state index contributed by atoms with van der Waals surface area (Å²) in [6, 6.07) is 14.9. The number of ether oxygens (including phenoxy) is 1. The molecule has 1 aliphatic heterocycles. The summed E-state index contributed by atoms with van der Waals surface area (Å²) in [4.78, 5) is 20.9. The van der Waals surface area contributed by atoms with Gasteiger partial charge in [0, 0.05) is 48.3 Å². The second kappa shape index (κ2) is 9.78. The van der Waals surface area contributed by atoms with Crippen LogP contribution in [0.1, 0.15) is 61.0 Å². The second-order valence-electron chi connectivity index (χ2n) is 9.08. The minimum absolute atomic E-state index is 0.145. The molecule has 5 nitrogen and oxygen atoms in total. The molecule has 1 amide bonds. The Morgan fingerprint density at radius 2 is 1.88 bits per heavy atom. The molecular weight excluding hydrogens is 398 g/mol. The van der Waals surface area contributed by atoms with Crippen molar-refractivity contribution in [2.75, 3.05) is 26.7 Å². The quantitative estimate of drug-likeness (QED) is 0.541. The van der Waals surface area contributed by atoms with Gasteiger partial charge in [-0.05, 0) is 80.6 Å². The molecule has 0 aliphatic carbocycles. The minimum Gasteiger partial charge on any atom is -0.497 e. The van der Waals surface area contributed by atoms with E-state index in [2.05, 4.69) is 61.1 Å². The topological polar surface area (TPSA) is 48.6 Å². The molecule has 32 heavy (non-hydrogen) atoms. The van der Waals surface area contributed by atoms with Crippen LogP contribution in [0.15, 0.2) is 48.7 Å². The molecule has 4 rings (SSSR count). The van der Waals surface area contributed by atoms with E-state index in [1.54, 1.807) is 7.11 Å². The molecule has 170 valence electrons. The Bertz CT molecular complexity index is 1050. The SMILES string of the molecule is CCN(Cc1ccc(C(=O)N2CCC(c3c[nH]c4ccc(OC)cc34)CC2)cc1)C(C)C. The lowest BCUT2D eigenvalue weighted by molar-refractivity contribution is 0.0713. The van der Waals surface area contributed by atoms with Crippen LogP contribution in [-0.2, 0) is 6.54 Å². The normalized spacial score (nSPS) is 15.1. The van der Waals surface area contributed by atoms with Gasteiger partial charge in [-0.15, -0.1) is 0 Å². The molecule has 0 unspecified atom stereocenters. The zero-order valence-corrected chi connectivity index (χ0v) is 19.7. The number of amides is 1.